The number of hydrogen-bond donors (Lipinski definition) is 0. The number of fused-ring (bicyclic) bond motifs is 1. The van der Waals surface area contributed by atoms with E-state index < -0.39 is 22.0 Å². The summed E-state index contributed by atoms with van der Waals surface area (Å²) in [5.41, 5.74) is 1.16. The minimum absolute atomic E-state index is 0.0712. The zero-order valence-corrected chi connectivity index (χ0v) is 23.5. The zero-order valence-electron chi connectivity index (χ0n) is 21.1. The smallest absolute Gasteiger partial charge is 0.409 e. The molecule has 1 aliphatic heterocycles. The van der Waals surface area contributed by atoms with Crippen molar-refractivity contribution in [1.82, 2.24) is 13.8 Å². The summed E-state index contributed by atoms with van der Waals surface area (Å²) in [5, 5.41) is 0.590. The van der Waals surface area contributed by atoms with E-state index >= 15 is 0 Å². The van der Waals surface area contributed by atoms with Crippen LogP contribution in [-0.2, 0) is 26.0 Å². The van der Waals surface area contributed by atoms with Gasteiger partial charge in [-0.3, -0.25) is 4.79 Å². The summed E-state index contributed by atoms with van der Waals surface area (Å²) in [7, 11) is -3.78. The Balaban J connectivity index is 1.53. The molecule has 13 heteroatoms. The molecule has 1 fully saturated rings. The molecule has 0 unspecified atom stereocenters. The molecule has 204 valence electrons. The lowest BCUT2D eigenvalue weighted by molar-refractivity contribution is 0.0933. The van der Waals surface area contributed by atoms with Crippen molar-refractivity contribution in [2.45, 2.75) is 25.3 Å². The fourth-order valence-corrected chi connectivity index (χ4v) is 6.80. The van der Waals surface area contributed by atoms with Crippen LogP contribution in [0.4, 0.5) is 4.79 Å². The average molecular weight is 581 g/mol. The first kappa shape index (κ1) is 28.2. The van der Waals surface area contributed by atoms with Gasteiger partial charge in [0.2, 0.25) is 10.0 Å². The number of halogens is 1. The Labute approximate surface area is 230 Å². The van der Waals surface area contributed by atoms with Crippen molar-refractivity contribution in [2.75, 3.05) is 46.0 Å². The van der Waals surface area contributed by atoms with Gasteiger partial charge in [-0.25, -0.2) is 13.2 Å². The highest BCUT2D eigenvalue weighted by Gasteiger charge is 2.30. The van der Waals surface area contributed by atoms with Gasteiger partial charge in [0.15, 0.2) is 4.80 Å². The minimum Gasteiger partial charge on any atom is -0.450 e. The number of carbonyl (C=O) groups excluding carboxylic acids is 2. The second-order valence-corrected chi connectivity index (χ2v) is 11.8. The Hall–Kier alpha value is -2.77. The first-order valence-corrected chi connectivity index (χ1v) is 14.9. The number of thiazole rings is 1. The predicted molar refractivity (Wildman–Crippen MR) is 145 cm³/mol. The van der Waals surface area contributed by atoms with Gasteiger partial charge in [-0.15, -0.1) is 0 Å². The van der Waals surface area contributed by atoms with Crippen LogP contribution < -0.4 is 4.80 Å². The van der Waals surface area contributed by atoms with E-state index in [1.807, 2.05) is 23.6 Å². The van der Waals surface area contributed by atoms with E-state index in [0.717, 1.165) is 10.2 Å². The molecule has 0 radical (unpaired) electrons. The van der Waals surface area contributed by atoms with Crippen LogP contribution in [0.25, 0.3) is 10.2 Å². The second-order valence-electron chi connectivity index (χ2n) is 8.38. The molecule has 1 aromatic heterocycles. The maximum atomic E-state index is 13.1. The summed E-state index contributed by atoms with van der Waals surface area (Å²) in [6, 6.07) is 11.2. The van der Waals surface area contributed by atoms with Crippen LogP contribution in [0.1, 0.15) is 24.2 Å². The number of nitrogens with zero attached hydrogens (tertiary/aromatic N) is 4. The maximum Gasteiger partial charge on any atom is 0.409 e. The van der Waals surface area contributed by atoms with Gasteiger partial charge in [0.05, 0.1) is 28.3 Å². The van der Waals surface area contributed by atoms with E-state index in [2.05, 4.69) is 4.99 Å². The first-order valence-electron chi connectivity index (χ1n) is 12.2. The molecule has 1 aliphatic rings. The van der Waals surface area contributed by atoms with E-state index in [4.69, 9.17) is 21.1 Å². The Morgan fingerprint density at radius 3 is 2.39 bits per heavy atom. The quantitative estimate of drug-likeness (QED) is 0.377. The number of ether oxygens (including phenoxy) is 2. The molecule has 10 nitrogen and oxygen atoms in total. The molecular weight excluding hydrogens is 552 g/mol. The lowest BCUT2D eigenvalue weighted by atomic mass is 10.2. The van der Waals surface area contributed by atoms with Gasteiger partial charge in [0, 0.05) is 49.9 Å². The summed E-state index contributed by atoms with van der Waals surface area (Å²) in [6.07, 6.45) is -0.447. The van der Waals surface area contributed by atoms with E-state index in [-0.39, 0.29) is 43.2 Å². The maximum absolute atomic E-state index is 13.1. The number of amides is 2. The van der Waals surface area contributed by atoms with Crippen molar-refractivity contribution in [2.24, 2.45) is 4.99 Å². The molecule has 2 aromatic carbocycles. The Kier molecular flexibility index (Phi) is 9.21. The van der Waals surface area contributed by atoms with Crippen LogP contribution in [0.3, 0.4) is 0 Å². The highest BCUT2D eigenvalue weighted by Crippen LogP contribution is 2.23. The van der Waals surface area contributed by atoms with Gasteiger partial charge in [-0.05, 0) is 56.3 Å². The van der Waals surface area contributed by atoms with Crippen molar-refractivity contribution in [1.29, 1.82) is 0 Å². The Bertz CT molecular complexity index is 1480. The highest BCUT2D eigenvalue weighted by molar-refractivity contribution is 7.89. The third-order valence-electron chi connectivity index (χ3n) is 6.01. The molecular formula is C25H29ClN4O6S2. The van der Waals surface area contributed by atoms with Gasteiger partial charge < -0.3 is 18.9 Å². The number of aromatic nitrogens is 1. The first-order chi connectivity index (χ1) is 18.2. The van der Waals surface area contributed by atoms with Crippen molar-refractivity contribution in [3.63, 3.8) is 0 Å². The minimum atomic E-state index is -3.78. The number of piperazine rings is 1. The van der Waals surface area contributed by atoms with Crippen LogP contribution >= 0.6 is 22.9 Å². The summed E-state index contributed by atoms with van der Waals surface area (Å²) < 4.78 is 40.8. The van der Waals surface area contributed by atoms with Crippen molar-refractivity contribution < 1.29 is 27.5 Å². The number of sulfonamides is 1. The fourth-order valence-electron chi connectivity index (χ4n) is 4.04. The molecule has 0 saturated carbocycles. The van der Waals surface area contributed by atoms with Gasteiger partial charge in [-0.2, -0.15) is 9.30 Å². The number of hydrogen-bond acceptors (Lipinski definition) is 7. The summed E-state index contributed by atoms with van der Waals surface area (Å²) >= 11 is 7.50. The SMILES string of the molecule is CCOCCn1c(=NC(=O)c2ccc(S(=O)(=O)N3CCN(C(=O)OCC)CC3)cc2)sc2cc(Cl)ccc21. The summed E-state index contributed by atoms with van der Waals surface area (Å²) in [5.74, 6) is -0.486. The lowest BCUT2D eigenvalue weighted by Crippen LogP contribution is -2.50. The topological polar surface area (TPSA) is 111 Å². The molecule has 0 spiro atoms. The highest BCUT2D eigenvalue weighted by atomic mass is 35.5. The van der Waals surface area contributed by atoms with E-state index in [1.165, 1.54) is 44.8 Å². The number of benzene rings is 2. The van der Waals surface area contributed by atoms with Crippen LogP contribution in [0.5, 0.6) is 0 Å². The van der Waals surface area contributed by atoms with Crippen LogP contribution in [0.2, 0.25) is 5.02 Å². The van der Waals surface area contributed by atoms with Crippen LogP contribution in [-0.4, -0.2) is 80.2 Å². The normalized spacial score (nSPS) is 15.2. The Morgan fingerprint density at radius 2 is 1.74 bits per heavy atom. The molecule has 0 atom stereocenters. The van der Waals surface area contributed by atoms with Crippen molar-refractivity contribution >= 4 is 55.2 Å². The van der Waals surface area contributed by atoms with Crippen molar-refractivity contribution in [3.8, 4) is 0 Å². The van der Waals surface area contributed by atoms with Crippen molar-refractivity contribution in [3.05, 3.63) is 57.9 Å². The standard InChI is InChI=1S/C25H29ClN4O6S2/c1-3-35-16-15-30-21-10-7-19(26)17-22(21)37-24(30)27-23(31)18-5-8-20(9-6-18)38(33,34)29-13-11-28(12-14-29)25(32)36-4-2/h5-10,17H,3-4,11-16H2,1-2H3. The average Bonchev–Trinajstić information content (AvgIpc) is 3.24. The molecule has 2 heterocycles. The summed E-state index contributed by atoms with van der Waals surface area (Å²) in [4.78, 5) is 31.3. The molecule has 3 aromatic rings. The molecule has 2 amide bonds. The van der Waals surface area contributed by atoms with Crippen LogP contribution in [0, 0.1) is 0 Å². The van der Waals surface area contributed by atoms with Gasteiger partial charge in [0.1, 0.15) is 0 Å². The molecule has 4 rings (SSSR count). The molecule has 38 heavy (non-hydrogen) atoms. The second kappa shape index (κ2) is 12.4. The molecule has 1 saturated heterocycles. The van der Waals surface area contributed by atoms with E-state index in [0.29, 0.717) is 29.6 Å². The van der Waals surface area contributed by atoms with Gasteiger partial charge >= 0.3 is 6.09 Å². The molecule has 0 N–H and O–H groups in total. The zero-order chi connectivity index (χ0) is 27.3. The lowest BCUT2D eigenvalue weighted by Gasteiger charge is -2.33. The fraction of sp³-hybridized carbons (Fsp3) is 0.400. The third kappa shape index (κ3) is 6.26. The number of carbonyl (C=O) groups is 2. The third-order valence-corrected chi connectivity index (χ3v) is 9.20. The monoisotopic (exact) mass is 580 g/mol. The summed E-state index contributed by atoms with van der Waals surface area (Å²) in [6.45, 7) is 6.28. The predicted octanol–water partition coefficient (Wildman–Crippen LogP) is 3.60. The molecule has 0 aliphatic carbocycles. The largest absolute Gasteiger partial charge is 0.450 e. The number of rotatable bonds is 8. The Morgan fingerprint density at radius 1 is 1.03 bits per heavy atom. The van der Waals surface area contributed by atoms with Gasteiger partial charge in [0.25, 0.3) is 5.91 Å². The van der Waals surface area contributed by atoms with Crippen LogP contribution in [0.15, 0.2) is 52.4 Å². The van der Waals surface area contributed by atoms with E-state index in [9.17, 15) is 18.0 Å². The van der Waals surface area contributed by atoms with Gasteiger partial charge in [-0.1, -0.05) is 22.9 Å². The van der Waals surface area contributed by atoms with E-state index in [1.54, 1.807) is 13.0 Å². The molecule has 0 bridgehead atoms.